The Hall–Kier alpha value is -0.680. The van der Waals surface area contributed by atoms with Gasteiger partial charge in [0.1, 0.15) is 11.4 Å². The molecule has 1 rings (SSSR count). The van der Waals surface area contributed by atoms with Gasteiger partial charge in [0.2, 0.25) is 0 Å². The molecule has 0 fully saturated rings. The molecule has 0 aliphatic carbocycles. The molecule has 0 aliphatic heterocycles. The summed E-state index contributed by atoms with van der Waals surface area (Å²) < 4.78 is 6.59. The molecule has 0 aliphatic rings. The summed E-state index contributed by atoms with van der Waals surface area (Å²) in [6.45, 7) is 10.8. The van der Waals surface area contributed by atoms with Gasteiger partial charge in [0.25, 0.3) is 0 Å². The number of aromatic nitrogens is 2. The standard InChI is InChI=1S/C13H22BrN3O/c1-6-13(5,18-7-2)12-16-10(8(3)4)9(14)11(15)17-12/h8H,6-7H2,1-5H3,(H2,15,16,17). The summed E-state index contributed by atoms with van der Waals surface area (Å²) in [5, 5.41) is 0. The quantitative estimate of drug-likeness (QED) is 0.901. The van der Waals surface area contributed by atoms with Crippen molar-refractivity contribution in [3.05, 3.63) is 16.0 Å². The zero-order valence-electron chi connectivity index (χ0n) is 11.7. The first-order valence-electron chi connectivity index (χ1n) is 6.33. The van der Waals surface area contributed by atoms with Gasteiger partial charge < -0.3 is 10.5 Å². The topological polar surface area (TPSA) is 61.0 Å². The van der Waals surface area contributed by atoms with E-state index in [0.717, 1.165) is 16.6 Å². The number of nitrogens with zero attached hydrogens (tertiary/aromatic N) is 2. The van der Waals surface area contributed by atoms with E-state index in [1.54, 1.807) is 0 Å². The Morgan fingerprint density at radius 3 is 2.39 bits per heavy atom. The average molecular weight is 316 g/mol. The van der Waals surface area contributed by atoms with Crippen LogP contribution >= 0.6 is 15.9 Å². The normalized spacial score (nSPS) is 14.8. The lowest BCUT2D eigenvalue weighted by Crippen LogP contribution is -2.29. The molecule has 0 aromatic carbocycles. The van der Waals surface area contributed by atoms with E-state index in [1.165, 1.54) is 0 Å². The number of nitrogen functional groups attached to an aromatic ring is 1. The molecule has 0 spiro atoms. The van der Waals surface area contributed by atoms with Crippen molar-refractivity contribution in [2.45, 2.75) is 52.6 Å². The minimum absolute atomic E-state index is 0.283. The molecule has 0 saturated heterocycles. The number of rotatable bonds is 5. The van der Waals surface area contributed by atoms with Gasteiger partial charge in [-0.25, -0.2) is 9.97 Å². The van der Waals surface area contributed by atoms with Crippen molar-refractivity contribution in [2.24, 2.45) is 0 Å². The molecule has 5 heteroatoms. The second-order valence-electron chi connectivity index (χ2n) is 4.80. The Bertz CT molecular complexity index is 423. The van der Waals surface area contributed by atoms with Crippen LogP contribution in [0.25, 0.3) is 0 Å². The second kappa shape index (κ2) is 5.97. The molecule has 2 N–H and O–H groups in total. The zero-order valence-corrected chi connectivity index (χ0v) is 13.3. The van der Waals surface area contributed by atoms with Crippen molar-refractivity contribution in [3.8, 4) is 0 Å². The summed E-state index contributed by atoms with van der Waals surface area (Å²) in [6.07, 6.45) is 0.805. The molecule has 0 radical (unpaired) electrons. The predicted octanol–water partition coefficient (Wildman–Crippen LogP) is 3.61. The number of nitrogens with two attached hydrogens (primary N) is 1. The Kier molecular flexibility index (Phi) is 5.10. The zero-order chi connectivity index (χ0) is 13.9. The van der Waals surface area contributed by atoms with Gasteiger partial charge >= 0.3 is 0 Å². The molecule has 1 aromatic rings. The molecule has 18 heavy (non-hydrogen) atoms. The van der Waals surface area contributed by atoms with Crippen LogP contribution in [0.15, 0.2) is 4.47 Å². The maximum Gasteiger partial charge on any atom is 0.162 e. The summed E-state index contributed by atoms with van der Waals surface area (Å²) in [4.78, 5) is 9.00. The maximum absolute atomic E-state index is 5.95. The van der Waals surface area contributed by atoms with E-state index >= 15 is 0 Å². The fourth-order valence-electron chi connectivity index (χ4n) is 1.74. The molecule has 102 valence electrons. The highest BCUT2D eigenvalue weighted by atomic mass is 79.9. The molecule has 4 nitrogen and oxygen atoms in total. The fourth-order valence-corrected chi connectivity index (χ4v) is 2.38. The summed E-state index contributed by atoms with van der Waals surface area (Å²) in [7, 11) is 0. The first-order valence-corrected chi connectivity index (χ1v) is 7.12. The molecule has 0 amide bonds. The van der Waals surface area contributed by atoms with Crippen LogP contribution in [0.2, 0.25) is 0 Å². The van der Waals surface area contributed by atoms with Crippen LogP contribution in [-0.4, -0.2) is 16.6 Å². The number of ether oxygens (including phenoxy) is 1. The van der Waals surface area contributed by atoms with Crippen LogP contribution in [0, 0.1) is 0 Å². The molecular weight excluding hydrogens is 294 g/mol. The highest BCUT2D eigenvalue weighted by Gasteiger charge is 2.30. The number of hydrogen-bond acceptors (Lipinski definition) is 4. The third kappa shape index (κ3) is 3.01. The van der Waals surface area contributed by atoms with E-state index in [4.69, 9.17) is 10.5 Å². The molecule has 1 unspecified atom stereocenters. The van der Waals surface area contributed by atoms with E-state index in [-0.39, 0.29) is 5.92 Å². The fraction of sp³-hybridized carbons (Fsp3) is 0.692. The highest BCUT2D eigenvalue weighted by molar-refractivity contribution is 9.10. The Morgan fingerprint density at radius 2 is 1.94 bits per heavy atom. The molecule has 0 bridgehead atoms. The smallest absolute Gasteiger partial charge is 0.162 e. The summed E-state index contributed by atoms with van der Waals surface area (Å²) in [5.41, 5.74) is 6.40. The van der Waals surface area contributed by atoms with Crippen LogP contribution in [0.4, 0.5) is 5.82 Å². The van der Waals surface area contributed by atoms with Crippen LogP contribution in [-0.2, 0) is 10.3 Å². The number of anilines is 1. The monoisotopic (exact) mass is 315 g/mol. The Labute approximate surface area is 117 Å². The number of halogens is 1. The third-order valence-electron chi connectivity index (χ3n) is 3.06. The van der Waals surface area contributed by atoms with Crippen molar-refractivity contribution in [3.63, 3.8) is 0 Å². The van der Waals surface area contributed by atoms with E-state index < -0.39 is 5.60 Å². The van der Waals surface area contributed by atoms with Gasteiger partial charge in [0.15, 0.2) is 5.82 Å². The van der Waals surface area contributed by atoms with Crippen molar-refractivity contribution in [1.29, 1.82) is 0 Å². The average Bonchev–Trinajstić information content (AvgIpc) is 2.32. The molecule has 1 atom stereocenters. The first-order chi connectivity index (χ1) is 8.35. The van der Waals surface area contributed by atoms with Gasteiger partial charge in [0.05, 0.1) is 10.2 Å². The van der Waals surface area contributed by atoms with Gasteiger partial charge in [-0.05, 0) is 42.1 Å². The highest BCUT2D eigenvalue weighted by Crippen LogP contribution is 2.32. The molecular formula is C13H22BrN3O. The first kappa shape index (κ1) is 15.4. The summed E-state index contributed by atoms with van der Waals surface area (Å²) >= 11 is 3.45. The van der Waals surface area contributed by atoms with Gasteiger partial charge in [-0.3, -0.25) is 0 Å². The van der Waals surface area contributed by atoms with Crippen LogP contribution in [0.3, 0.4) is 0 Å². The Morgan fingerprint density at radius 1 is 1.33 bits per heavy atom. The third-order valence-corrected chi connectivity index (χ3v) is 3.87. The largest absolute Gasteiger partial charge is 0.383 e. The van der Waals surface area contributed by atoms with Gasteiger partial charge in [0, 0.05) is 6.61 Å². The van der Waals surface area contributed by atoms with Crippen LogP contribution in [0.5, 0.6) is 0 Å². The maximum atomic E-state index is 5.95. The van der Waals surface area contributed by atoms with E-state index in [0.29, 0.717) is 18.2 Å². The van der Waals surface area contributed by atoms with Crippen molar-refractivity contribution >= 4 is 21.7 Å². The minimum atomic E-state index is -0.479. The van der Waals surface area contributed by atoms with Gasteiger partial charge in [-0.2, -0.15) is 0 Å². The lowest BCUT2D eigenvalue weighted by atomic mass is 10.0. The molecule has 1 aromatic heterocycles. The lowest BCUT2D eigenvalue weighted by Gasteiger charge is -2.27. The summed E-state index contributed by atoms with van der Waals surface area (Å²) in [6, 6.07) is 0. The Balaban J connectivity index is 3.33. The second-order valence-corrected chi connectivity index (χ2v) is 5.60. The van der Waals surface area contributed by atoms with Gasteiger partial charge in [-0.1, -0.05) is 20.8 Å². The number of hydrogen-bond donors (Lipinski definition) is 1. The van der Waals surface area contributed by atoms with Gasteiger partial charge in [-0.15, -0.1) is 0 Å². The van der Waals surface area contributed by atoms with Crippen LogP contribution in [0.1, 0.15) is 58.5 Å². The summed E-state index contributed by atoms with van der Waals surface area (Å²) in [5.74, 6) is 1.42. The predicted molar refractivity (Wildman–Crippen MR) is 77.5 cm³/mol. The van der Waals surface area contributed by atoms with Crippen molar-refractivity contribution < 1.29 is 4.74 Å². The van der Waals surface area contributed by atoms with E-state index in [2.05, 4.69) is 46.7 Å². The van der Waals surface area contributed by atoms with E-state index in [1.807, 2.05) is 13.8 Å². The SMILES string of the molecule is CCOC(C)(CC)c1nc(N)c(Br)c(C(C)C)n1. The lowest BCUT2D eigenvalue weighted by molar-refractivity contribution is -0.0391. The minimum Gasteiger partial charge on any atom is -0.383 e. The molecule has 0 saturated carbocycles. The van der Waals surface area contributed by atoms with Crippen molar-refractivity contribution in [1.82, 2.24) is 9.97 Å². The van der Waals surface area contributed by atoms with Crippen LogP contribution < -0.4 is 5.73 Å². The molecule has 1 heterocycles. The van der Waals surface area contributed by atoms with Crippen molar-refractivity contribution in [2.75, 3.05) is 12.3 Å². The van der Waals surface area contributed by atoms with E-state index in [9.17, 15) is 0 Å².